The van der Waals surface area contributed by atoms with Crippen LogP contribution in [0.2, 0.25) is 0 Å². The average molecular weight is 313 g/mol. The highest BCUT2D eigenvalue weighted by atomic mass is 16.1. The number of carbonyl (C=O) groups is 1. The standard InChI is InChI=1S/C17H23N5O/c18-14(13-7-3-1-4-8-13)11-17(23)19-12-16-21-20-15-9-5-2-6-10-22(15)16/h1,3-4,7-8,14H,2,5-6,9-12,18H2,(H,19,23). The molecule has 1 amide bonds. The van der Waals surface area contributed by atoms with Crippen LogP contribution in [0.1, 0.15) is 48.9 Å². The van der Waals surface area contributed by atoms with Gasteiger partial charge >= 0.3 is 0 Å². The molecule has 1 unspecified atom stereocenters. The first-order valence-electron chi connectivity index (χ1n) is 8.22. The summed E-state index contributed by atoms with van der Waals surface area (Å²) in [7, 11) is 0. The third-order valence-corrected chi connectivity index (χ3v) is 4.26. The highest BCUT2D eigenvalue weighted by molar-refractivity contribution is 5.76. The number of benzene rings is 1. The first-order valence-corrected chi connectivity index (χ1v) is 8.22. The lowest BCUT2D eigenvalue weighted by molar-refractivity contribution is -0.121. The number of aromatic nitrogens is 3. The number of rotatable bonds is 5. The first-order chi connectivity index (χ1) is 11.2. The molecule has 6 nitrogen and oxygen atoms in total. The third-order valence-electron chi connectivity index (χ3n) is 4.26. The van der Waals surface area contributed by atoms with Crippen LogP contribution in [-0.4, -0.2) is 20.7 Å². The molecule has 1 aliphatic rings. The van der Waals surface area contributed by atoms with Gasteiger partial charge in [0.15, 0.2) is 5.82 Å². The lowest BCUT2D eigenvalue weighted by Gasteiger charge is -2.12. The van der Waals surface area contributed by atoms with Gasteiger partial charge in [-0.25, -0.2) is 0 Å². The molecule has 0 saturated carbocycles. The van der Waals surface area contributed by atoms with Gasteiger partial charge in [-0.3, -0.25) is 4.79 Å². The van der Waals surface area contributed by atoms with E-state index in [0.717, 1.165) is 43.0 Å². The number of carbonyl (C=O) groups excluding carboxylic acids is 1. The Kier molecular flexibility index (Phi) is 5.02. The normalized spacial score (nSPS) is 15.5. The van der Waals surface area contributed by atoms with Crippen molar-refractivity contribution >= 4 is 5.91 Å². The molecule has 23 heavy (non-hydrogen) atoms. The van der Waals surface area contributed by atoms with Crippen molar-refractivity contribution in [2.24, 2.45) is 5.73 Å². The number of nitrogens with two attached hydrogens (primary N) is 1. The highest BCUT2D eigenvalue weighted by Crippen LogP contribution is 2.15. The highest BCUT2D eigenvalue weighted by Gasteiger charge is 2.16. The van der Waals surface area contributed by atoms with Gasteiger partial charge in [0.25, 0.3) is 0 Å². The molecule has 2 heterocycles. The molecule has 1 aromatic carbocycles. The second-order valence-electron chi connectivity index (χ2n) is 5.99. The molecule has 2 aromatic rings. The molecule has 3 rings (SSSR count). The van der Waals surface area contributed by atoms with Gasteiger partial charge in [-0.1, -0.05) is 36.8 Å². The van der Waals surface area contributed by atoms with Crippen molar-refractivity contribution in [1.29, 1.82) is 0 Å². The number of hydrogen-bond donors (Lipinski definition) is 2. The molecule has 3 N–H and O–H groups in total. The SMILES string of the molecule is NC(CC(=O)NCc1nnc2n1CCCCC2)c1ccccc1. The maximum absolute atomic E-state index is 12.1. The van der Waals surface area contributed by atoms with Crippen molar-refractivity contribution in [2.75, 3.05) is 0 Å². The van der Waals surface area contributed by atoms with Crippen LogP contribution in [0.4, 0.5) is 0 Å². The quantitative estimate of drug-likeness (QED) is 0.880. The molecule has 0 bridgehead atoms. The van der Waals surface area contributed by atoms with Gasteiger partial charge in [0.05, 0.1) is 6.54 Å². The Morgan fingerprint density at radius 2 is 2.04 bits per heavy atom. The predicted molar refractivity (Wildman–Crippen MR) is 87.4 cm³/mol. The molecule has 0 radical (unpaired) electrons. The van der Waals surface area contributed by atoms with Gasteiger partial charge in [0.2, 0.25) is 5.91 Å². The van der Waals surface area contributed by atoms with Crippen molar-refractivity contribution in [1.82, 2.24) is 20.1 Å². The van der Waals surface area contributed by atoms with Crippen molar-refractivity contribution in [3.63, 3.8) is 0 Å². The Labute approximate surface area is 136 Å². The number of nitrogens with zero attached hydrogens (tertiary/aromatic N) is 3. The van der Waals surface area contributed by atoms with Crippen molar-refractivity contribution in [2.45, 2.75) is 51.2 Å². The summed E-state index contributed by atoms with van der Waals surface area (Å²) < 4.78 is 2.14. The average Bonchev–Trinajstić information content (AvgIpc) is 2.80. The van der Waals surface area contributed by atoms with E-state index < -0.39 is 0 Å². The van der Waals surface area contributed by atoms with E-state index in [2.05, 4.69) is 20.1 Å². The molecule has 122 valence electrons. The fraction of sp³-hybridized carbons (Fsp3) is 0.471. The van der Waals surface area contributed by atoms with Crippen LogP contribution in [0.5, 0.6) is 0 Å². The second kappa shape index (κ2) is 7.37. The minimum absolute atomic E-state index is 0.0627. The second-order valence-corrected chi connectivity index (χ2v) is 5.99. The van der Waals surface area contributed by atoms with Crippen molar-refractivity contribution < 1.29 is 4.79 Å². The molecule has 0 spiro atoms. The number of hydrogen-bond acceptors (Lipinski definition) is 4. The van der Waals surface area contributed by atoms with Gasteiger partial charge in [0, 0.05) is 25.4 Å². The molecular formula is C17H23N5O. The predicted octanol–water partition coefficient (Wildman–Crippen LogP) is 1.71. The topological polar surface area (TPSA) is 85.8 Å². The summed E-state index contributed by atoms with van der Waals surface area (Å²) in [5.41, 5.74) is 7.05. The molecule has 1 aromatic heterocycles. The van der Waals surface area contributed by atoms with Crippen LogP contribution < -0.4 is 11.1 Å². The first kappa shape index (κ1) is 15.7. The van der Waals surface area contributed by atoms with E-state index in [-0.39, 0.29) is 18.4 Å². The Hall–Kier alpha value is -2.21. The van der Waals surface area contributed by atoms with Crippen LogP contribution >= 0.6 is 0 Å². The van der Waals surface area contributed by atoms with Crippen LogP contribution in [0.15, 0.2) is 30.3 Å². The van der Waals surface area contributed by atoms with Crippen molar-refractivity contribution in [3.05, 3.63) is 47.5 Å². The van der Waals surface area contributed by atoms with E-state index in [4.69, 9.17) is 5.73 Å². The van der Waals surface area contributed by atoms with E-state index in [1.54, 1.807) is 0 Å². The molecule has 0 saturated heterocycles. The zero-order chi connectivity index (χ0) is 16.1. The molecule has 0 aliphatic carbocycles. The lowest BCUT2D eigenvalue weighted by Crippen LogP contribution is -2.28. The third kappa shape index (κ3) is 3.96. The maximum atomic E-state index is 12.1. The largest absolute Gasteiger partial charge is 0.349 e. The minimum Gasteiger partial charge on any atom is -0.349 e. The zero-order valence-corrected chi connectivity index (χ0v) is 13.2. The van der Waals surface area contributed by atoms with Crippen molar-refractivity contribution in [3.8, 4) is 0 Å². The summed E-state index contributed by atoms with van der Waals surface area (Å²) >= 11 is 0. The van der Waals surface area contributed by atoms with E-state index in [0.29, 0.717) is 6.54 Å². The summed E-state index contributed by atoms with van der Waals surface area (Å²) in [6.45, 7) is 1.35. The van der Waals surface area contributed by atoms with Gasteiger partial charge in [-0.2, -0.15) is 0 Å². The van der Waals surface area contributed by atoms with Gasteiger partial charge in [-0.15, -0.1) is 10.2 Å². The number of aryl methyl sites for hydroxylation is 1. The number of amides is 1. The van der Waals surface area contributed by atoms with Crippen LogP contribution in [-0.2, 0) is 24.3 Å². The minimum atomic E-state index is -0.285. The van der Waals surface area contributed by atoms with E-state index >= 15 is 0 Å². The van der Waals surface area contributed by atoms with Crippen LogP contribution in [0.25, 0.3) is 0 Å². The summed E-state index contributed by atoms with van der Waals surface area (Å²) in [6.07, 6.45) is 4.77. The molecular weight excluding hydrogens is 290 g/mol. The van der Waals surface area contributed by atoms with Gasteiger partial charge in [-0.05, 0) is 18.4 Å². The Morgan fingerprint density at radius 1 is 1.22 bits per heavy atom. The zero-order valence-electron chi connectivity index (χ0n) is 13.2. The van der Waals surface area contributed by atoms with Crippen LogP contribution in [0, 0.1) is 0 Å². The smallest absolute Gasteiger partial charge is 0.222 e. The maximum Gasteiger partial charge on any atom is 0.222 e. The summed E-state index contributed by atoms with van der Waals surface area (Å²) in [4.78, 5) is 12.1. The Morgan fingerprint density at radius 3 is 2.87 bits per heavy atom. The molecule has 1 atom stereocenters. The summed E-state index contributed by atoms with van der Waals surface area (Å²) in [5.74, 6) is 1.81. The van der Waals surface area contributed by atoms with E-state index in [9.17, 15) is 4.79 Å². The van der Waals surface area contributed by atoms with Gasteiger partial charge < -0.3 is 15.6 Å². The molecule has 6 heteroatoms. The number of nitrogens with one attached hydrogen (secondary N) is 1. The molecule has 0 fully saturated rings. The lowest BCUT2D eigenvalue weighted by atomic mass is 10.0. The Balaban J connectivity index is 1.54. The summed E-state index contributed by atoms with van der Waals surface area (Å²) in [6, 6.07) is 9.39. The number of fused-ring (bicyclic) bond motifs is 1. The van der Waals surface area contributed by atoms with Crippen LogP contribution in [0.3, 0.4) is 0 Å². The summed E-state index contributed by atoms with van der Waals surface area (Å²) in [5, 5.41) is 11.4. The fourth-order valence-electron chi connectivity index (χ4n) is 2.94. The van der Waals surface area contributed by atoms with E-state index in [1.165, 1.54) is 6.42 Å². The van der Waals surface area contributed by atoms with E-state index in [1.807, 2.05) is 30.3 Å². The fourth-order valence-corrected chi connectivity index (χ4v) is 2.94. The van der Waals surface area contributed by atoms with Gasteiger partial charge in [0.1, 0.15) is 5.82 Å². The molecule has 1 aliphatic heterocycles. The monoisotopic (exact) mass is 313 g/mol. The Bertz CT molecular complexity index is 652.